The first-order valence-corrected chi connectivity index (χ1v) is 6.67. The van der Waals surface area contributed by atoms with E-state index in [-0.39, 0.29) is 23.9 Å². The van der Waals surface area contributed by atoms with Gasteiger partial charge in [-0.25, -0.2) is 0 Å². The Kier molecular flexibility index (Phi) is 8.73. The van der Waals surface area contributed by atoms with Gasteiger partial charge in [-0.15, -0.1) is 0 Å². The topological polar surface area (TPSA) is 43.4 Å². The van der Waals surface area contributed by atoms with Gasteiger partial charge >= 0.3 is 5.97 Å². The third kappa shape index (κ3) is 7.94. The van der Waals surface area contributed by atoms with E-state index in [4.69, 9.17) is 4.74 Å². The number of ether oxygens (including phenoxy) is 1. The minimum atomic E-state index is -0.0828. The lowest BCUT2D eigenvalue weighted by Gasteiger charge is -2.17. The van der Waals surface area contributed by atoms with E-state index >= 15 is 0 Å². The van der Waals surface area contributed by atoms with Gasteiger partial charge in [0.15, 0.2) is 0 Å². The van der Waals surface area contributed by atoms with E-state index in [1.165, 1.54) is 0 Å². The molecule has 0 radical (unpaired) electrons. The van der Waals surface area contributed by atoms with Gasteiger partial charge in [-0.05, 0) is 33.1 Å². The largest absolute Gasteiger partial charge is 0.463 e. The molecule has 2 unspecified atom stereocenters. The smallest absolute Gasteiger partial charge is 0.309 e. The Morgan fingerprint density at radius 1 is 1.18 bits per heavy atom. The van der Waals surface area contributed by atoms with Crippen molar-refractivity contribution in [2.24, 2.45) is 11.8 Å². The Morgan fingerprint density at radius 2 is 1.82 bits per heavy atom. The molecular weight excluding hydrogens is 216 g/mol. The highest BCUT2D eigenvalue weighted by atomic mass is 16.5. The summed E-state index contributed by atoms with van der Waals surface area (Å²) < 4.78 is 5.24. The fourth-order valence-corrected chi connectivity index (χ4v) is 1.81. The first-order valence-electron chi connectivity index (χ1n) is 6.67. The van der Waals surface area contributed by atoms with Crippen molar-refractivity contribution in [3.05, 3.63) is 0 Å². The van der Waals surface area contributed by atoms with E-state index in [1.54, 1.807) is 0 Å². The highest BCUT2D eigenvalue weighted by Crippen LogP contribution is 2.19. The average molecular weight is 242 g/mol. The number of hydrogen-bond acceptors (Lipinski definition) is 3. The number of hydrogen-bond donors (Lipinski definition) is 0. The lowest BCUT2D eigenvalue weighted by molar-refractivity contribution is -0.153. The molecule has 0 amide bonds. The molecule has 0 aromatic rings. The highest BCUT2D eigenvalue weighted by Gasteiger charge is 2.19. The molecule has 0 heterocycles. The van der Waals surface area contributed by atoms with Gasteiger partial charge in [0.05, 0.1) is 12.0 Å². The van der Waals surface area contributed by atoms with Crippen LogP contribution in [0.2, 0.25) is 0 Å². The lowest BCUT2D eigenvalue weighted by Crippen LogP contribution is -2.21. The first-order chi connectivity index (χ1) is 8.01. The van der Waals surface area contributed by atoms with Crippen molar-refractivity contribution in [1.82, 2.24) is 0 Å². The summed E-state index contributed by atoms with van der Waals surface area (Å²) >= 11 is 0. The Morgan fingerprint density at radius 3 is 2.29 bits per heavy atom. The van der Waals surface area contributed by atoms with Crippen LogP contribution in [-0.4, -0.2) is 18.4 Å². The first kappa shape index (κ1) is 16.1. The molecule has 0 spiro atoms. The van der Waals surface area contributed by atoms with Crippen molar-refractivity contribution in [3.8, 4) is 0 Å². The molecule has 0 rings (SSSR count). The van der Waals surface area contributed by atoms with Crippen molar-refractivity contribution in [3.63, 3.8) is 0 Å². The molecule has 0 aliphatic carbocycles. The fraction of sp³-hybridized carbons (Fsp3) is 0.857. The van der Waals surface area contributed by atoms with Crippen molar-refractivity contribution in [2.75, 3.05) is 0 Å². The van der Waals surface area contributed by atoms with E-state index in [9.17, 15) is 9.59 Å². The second kappa shape index (κ2) is 9.20. The van der Waals surface area contributed by atoms with Gasteiger partial charge < -0.3 is 9.53 Å². The molecule has 0 bridgehead atoms. The van der Waals surface area contributed by atoms with Gasteiger partial charge in [-0.3, -0.25) is 4.79 Å². The molecule has 0 aliphatic heterocycles. The fourth-order valence-electron chi connectivity index (χ4n) is 1.81. The van der Waals surface area contributed by atoms with Gasteiger partial charge in [-0.2, -0.15) is 0 Å². The maximum atomic E-state index is 11.8. The normalized spacial score (nSPS) is 14.4. The molecule has 0 N–H and O–H groups in total. The zero-order valence-electron chi connectivity index (χ0n) is 11.6. The predicted molar refractivity (Wildman–Crippen MR) is 68.7 cm³/mol. The quantitative estimate of drug-likeness (QED) is 0.460. The van der Waals surface area contributed by atoms with Gasteiger partial charge in [0.25, 0.3) is 0 Å². The van der Waals surface area contributed by atoms with Crippen LogP contribution in [0.3, 0.4) is 0 Å². The van der Waals surface area contributed by atoms with Crippen molar-refractivity contribution in [2.45, 2.75) is 65.9 Å². The maximum absolute atomic E-state index is 11.8. The van der Waals surface area contributed by atoms with E-state index < -0.39 is 0 Å². The van der Waals surface area contributed by atoms with E-state index in [1.807, 2.05) is 20.8 Å². The molecule has 0 aromatic heterocycles. The molecule has 3 nitrogen and oxygen atoms in total. The van der Waals surface area contributed by atoms with Crippen LogP contribution in [0.1, 0.15) is 59.8 Å². The van der Waals surface area contributed by atoms with Gasteiger partial charge in [-0.1, -0.05) is 26.7 Å². The number of esters is 1. The molecule has 0 aliphatic rings. The summed E-state index contributed by atoms with van der Waals surface area (Å²) in [5.74, 6) is 0.0141. The minimum absolute atomic E-state index is 0.00116. The van der Waals surface area contributed by atoms with E-state index in [2.05, 4.69) is 6.92 Å². The summed E-state index contributed by atoms with van der Waals surface area (Å²) in [5.41, 5.74) is 0. The molecule has 3 heteroatoms. The van der Waals surface area contributed by atoms with Crippen molar-refractivity contribution >= 4 is 12.3 Å². The van der Waals surface area contributed by atoms with Crippen LogP contribution < -0.4 is 0 Å². The molecule has 0 saturated carbocycles. The van der Waals surface area contributed by atoms with Crippen LogP contribution in [0.15, 0.2) is 0 Å². The summed E-state index contributed by atoms with van der Waals surface area (Å²) in [6.07, 6.45) is 5.40. The Hall–Kier alpha value is -0.860. The number of rotatable bonds is 9. The molecule has 0 fully saturated rings. The SMILES string of the molecule is CCCC(CCCC(C)C=O)C(=O)OC(C)C. The zero-order chi connectivity index (χ0) is 13.3. The van der Waals surface area contributed by atoms with Crippen LogP contribution in [0, 0.1) is 11.8 Å². The van der Waals surface area contributed by atoms with Crippen LogP contribution >= 0.6 is 0 Å². The Balaban J connectivity index is 4.05. The van der Waals surface area contributed by atoms with Gasteiger partial charge in [0.1, 0.15) is 6.29 Å². The standard InChI is InChI=1S/C14H26O3/c1-5-7-13(14(16)17-11(2)3)9-6-8-12(4)10-15/h10-13H,5-9H2,1-4H3. The van der Waals surface area contributed by atoms with E-state index in [0.717, 1.165) is 38.4 Å². The molecular formula is C14H26O3. The van der Waals surface area contributed by atoms with Crippen molar-refractivity contribution < 1.29 is 14.3 Å². The maximum Gasteiger partial charge on any atom is 0.309 e. The summed E-state index contributed by atoms with van der Waals surface area (Å²) in [5, 5.41) is 0. The monoisotopic (exact) mass is 242 g/mol. The zero-order valence-corrected chi connectivity index (χ0v) is 11.6. The van der Waals surface area contributed by atoms with Crippen LogP contribution in [0.4, 0.5) is 0 Å². The minimum Gasteiger partial charge on any atom is -0.463 e. The number of aldehydes is 1. The summed E-state index contributed by atoms with van der Waals surface area (Å²) in [6, 6.07) is 0. The summed E-state index contributed by atoms with van der Waals surface area (Å²) in [7, 11) is 0. The molecule has 0 aromatic carbocycles. The molecule has 2 atom stereocenters. The Bertz CT molecular complexity index is 224. The molecule has 17 heavy (non-hydrogen) atoms. The van der Waals surface area contributed by atoms with Gasteiger partial charge in [0, 0.05) is 5.92 Å². The van der Waals surface area contributed by atoms with Crippen LogP contribution in [0.25, 0.3) is 0 Å². The second-order valence-electron chi connectivity index (χ2n) is 5.02. The van der Waals surface area contributed by atoms with Crippen LogP contribution in [-0.2, 0) is 14.3 Å². The summed E-state index contributed by atoms with van der Waals surface area (Å²) in [6.45, 7) is 7.72. The summed E-state index contributed by atoms with van der Waals surface area (Å²) in [4.78, 5) is 22.3. The van der Waals surface area contributed by atoms with E-state index in [0.29, 0.717) is 0 Å². The predicted octanol–water partition coefficient (Wildman–Crippen LogP) is 3.36. The Labute approximate surface area is 105 Å². The van der Waals surface area contributed by atoms with Crippen LogP contribution in [0.5, 0.6) is 0 Å². The van der Waals surface area contributed by atoms with Gasteiger partial charge in [0.2, 0.25) is 0 Å². The number of carbonyl (C=O) groups is 2. The molecule has 0 saturated heterocycles. The van der Waals surface area contributed by atoms with Crippen molar-refractivity contribution in [1.29, 1.82) is 0 Å². The highest BCUT2D eigenvalue weighted by molar-refractivity contribution is 5.72. The third-order valence-corrected chi connectivity index (χ3v) is 2.77. The third-order valence-electron chi connectivity index (χ3n) is 2.77. The number of carbonyl (C=O) groups excluding carboxylic acids is 2. The average Bonchev–Trinajstić information content (AvgIpc) is 2.26. The molecule has 100 valence electrons. The second-order valence-corrected chi connectivity index (χ2v) is 5.02. The lowest BCUT2D eigenvalue weighted by atomic mass is 9.94.